The third-order valence-corrected chi connectivity index (χ3v) is 12.5. The molecule has 4 heterocycles. The summed E-state index contributed by atoms with van der Waals surface area (Å²) in [6.45, 7) is 2.69. The average Bonchev–Trinajstić information content (AvgIpc) is 3.97. The van der Waals surface area contributed by atoms with Gasteiger partial charge in [-0.05, 0) is 104 Å². The maximum Gasteiger partial charge on any atom is 0.349 e. The summed E-state index contributed by atoms with van der Waals surface area (Å²) in [7, 11) is 2.19. The van der Waals surface area contributed by atoms with Crippen molar-refractivity contribution in [1.29, 1.82) is 0 Å². The maximum absolute atomic E-state index is 13.4. The molecule has 0 radical (unpaired) electrons. The number of esters is 1. The molecule has 55 heavy (non-hydrogen) atoms. The number of para-hydroxylation sites is 1. The predicted molar refractivity (Wildman–Crippen MR) is 216 cm³/mol. The van der Waals surface area contributed by atoms with Gasteiger partial charge in [-0.2, -0.15) is 0 Å². The number of ether oxygens (including phenoxy) is 1. The van der Waals surface area contributed by atoms with Crippen LogP contribution in [0.4, 0.5) is 9.41 Å². The van der Waals surface area contributed by atoms with Crippen LogP contribution in [0.25, 0.3) is 21.8 Å². The first-order chi connectivity index (χ1) is 25.7. The highest BCUT2D eigenvalue weighted by Gasteiger charge is 2.45. The van der Waals surface area contributed by atoms with E-state index in [-0.39, 0.29) is 26.8 Å². The van der Waals surface area contributed by atoms with E-state index in [1.807, 2.05) is 22.9 Å². The standard InChI is InChI=1S/C41H46N4O6S2.2FH/c1-44(28-12-14-29(15-13-28)51-40(49)41(50,36-10-5-23-52-36)37-11-6-24-53-37)21-4-7-27-26-45(33-9-3-2-8-30(27)33)22-20-42-25-35(47)31-16-18-34(46)39-32(31)17-19-38(48)43-39;;/h2-3,5-6,8-11,16-19,23-24,26,28-29,35,42,46-47,50H,4,7,12-15,20-22,25H2,1H3,(H,43,48);2*1H/t28?,29?,35-;;/m1../s1. The molecule has 0 aliphatic heterocycles. The molecule has 4 aromatic heterocycles. The van der Waals surface area contributed by atoms with Crippen LogP contribution in [-0.4, -0.2) is 74.6 Å². The first kappa shape index (κ1) is 41.7. The van der Waals surface area contributed by atoms with E-state index >= 15 is 0 Å². The minimum atomic E-state index is -1.77. The first-order valence-corrected chi connectivity index (χ1v) is 20.0. The van der Waals surface area contributed by atoms with Gasteiger partial charge in [-0.3, -0.25) is 14.2 Å². The number of halogens is 2. The molecule has 0 saturated heterocycles. The molecule has 14 heteroatoms. The van der Waals surface area contributed by atoms with E-state index in [1.165, 1.54) is 51.3 Å². The van der Waals surface area contributed by atoms with Crippen LogP contribution in [0.3, 0.4) is 0 Å². The Labute approximate surface area is 325 Å². The molecule has 2 aromatic carbocycles. The fourth-order valence-corrected chi connectivity index (χ4v) is 9.35. The highest BCUT2D eigenvalue weighted by atomic mass is 32.1. The van der Waals surface area contributed by atoms with Gasteiger partial charge in [0.2, 0.25) is 11.2 Å². The van der Waals surface area contributed by atoms with Crippen molar-refractivity contribution in [2.45, 2.75) is 68.9 Å². The minimum absolute atomic E-state index is 0. The normalized spacial score (nSPS) is 16.5. The number of H-pyrrole nitrogens is 1. The van der Waals surface area contributed by atoms with Crippen LogP contribution in [-0.2, 0) is 28.1 Å². The molecule has 5 N–H and O–H groups in total. The van der Waals surface area contributed by atoms with Crippen molar-refractivity contribution in [3.05, 3.63) is 121 Å². The van der Waals surface area contributed by atoms with Gasteiger partial charge in [-0.15, -0.1) is 22.7 Å². The SMILES string of the molecule is CN(CCCc1cn(CCNC[C@@H](O)c2ccc(O)c3[nH]c(=O)ccc23)c2ccccc12)C1CCC(OC(=O)C(O)(c2cccs2)c2cccs2)CC1.F.F. The molecule has 1 atom stereocenters. The number of hydrogen-bond donors (Lipinski definition) is 5. The first-order valence-electron chi connectivity index (χ1n) is 18.2. The number of thiophene rings is 2. The Morgan fingerprint density at radius 2 is 1.69 bits per heavy atom. The molecule has 0 amide bonds. The van der Waals surface area contributed by atoms with Crippen LogP contribution >= 0.6 is 22.7 Å². The van der Waals surface area contributed by atoms with Crippen molar-refractivity contribution < 1.29 is 34.3 Å². The molecule has 1 saturated carbocycles. The van der Waals surface area contributed by atoms with Crippen molar-refractivity contribution in [3.63, 3.8) is 0 Å². The summed E-state index contributed by atoms with van der Waals surface area (Å²) in [5, 5.41) is 41.7. The van der Waals surface area contributed by atoms with Gasteiger partial charge in [0.25, 0.3) is 0 Å². The lowest BCUT2D eigenvalue weighted by Crippen LogP contribution is -2.42. The number of benzene rings is 2. The Bertz CT molecular complexity index is 2170. The molecule has 1 fully saturated rings. The summed E-state index contributed by atoms with van der Waals surface area (Å²) in [5.74, 6) is -0.615. The third kappa shape index (κ3) is 9.01. The molecule has 294 valence electrons. The number of phenolic OH excluding ortho intramolecular Hbond substituents is 1. The molecular weight excluding hydrogens is 747 g/mol. The number of aromatic nitrogens is 2. The van der Waals surface area contributed by atoms with Crippen LogP contribution < -0.4 is 10.9 Å². The lowest BCUT2D eigenvalue weighted by atomic mass is 9.91. The fourth-order valence-electron chi connectivity index (χ4n) is 7.64. The smallest absolute Gasteiger partial charge is 0.349 e. The Kier molecular flexibility index (Phi) is 14.0. The molecule has 1 aliphatic carbocycles. The number of aromatic hydroxyl groups is 1. The van der Waals surface area contributed by atoms with Crippen molar-refractivity contribution in [1.82, 2.24) is 19.8 Å². The Hall–Kier alpha value is -4.44. The summed E-state index contributed by atoms with van der Waals surface area (Å²) < 4.78 is 8.24. The molecule has 0 bridgehead atoms. The molecule has 0 unspecified atom stereocenters. The van der Waals surface area contributed by atoms with Gasteiger partial charge in [0.05, 0.1) is 21.4 Å². The van der Waals surface area contributed by atoms with Crippen molar-refractivity contribution >= 4 is 50.4 Å². The van der Waals surface area contributed by atoms with Gasteiger partial charge in [-0.1, -0.05) is 36.4 Å². The number of carbonyl (C=O) groups excluding carboxylic acids is 1. The van der Waals surface area contributed by atoms with Gasteiger partial charge >= 0.3 is 5.97 Å². The van der Waals surface area contributed by atoms with E-state index in [1.54, 1.807) is 24.3 Å². The quantitative estimate of drug-likeness (QED) is 0.0580. The number of rotatable bonds is 15. The van der Waals surface area contributed by atoms with Gasteiger partial charge in [0.1, 0.15) is 11.9 Å². The highest BCUT2D eigenvalue weighted by molar-refractivity contribution is 7.12. The molecule has 1 aliphatic rings. The third-order valence-electron chi connectivity index (χ3n) is 10.6. The van der Waals surface area contributed by atoms with Gasteiger partial charge in [-0.25, -0.2) is 4.79 Å². The molecule has 6 aromatic rings. The number of nitrogens with zero attached hydrogens (tertiary/aromatic N) is 2. The lowest BCUT2D eigenvalue weighted by Gasteiger charge is -2.35. The predicted octanol–water partition coefficient (Wildman–Crippen LogP) is 6.59. The fraction of sp³-hybridized carbons (Fsp3) is 0.366. The number of hydrogen-bond acceptors (Lipinski definition) is 10. The number of fused-ring (bicyclic) bond motifs is 2. The molecule has 0 spiro atoms. The monoisotopic (exact) mass is 794 g/mol. The topological polar surface area (TPSA) is 140 Å². The summed E-state index contributed by atoms with van der Waals surface area (Å²) in [6, 6.07) is 22.4. The van der Waals surface area contributed by atoms with Crippen molar-refractivity contribution in [2.24, 2.45) is 0 Å². The Balaban J connectivity index is 0.00000290. The maximum atomic E-state index is 13.4. The van der Waals surface area contributed by atoms with Crippen molar-refractivity contribution in [3.8, 4) is 5.75 Å². The van der Waals surface area contributed by atoms with Crippen LogP contribution in [0, 0.1) is 0 Å². The van der Waals surface area contributed by atoms with E-state index in [0.29, 0.717) is 45.4 Å². The van der Waals surface area contributed by atoms with Crippen LogP contribution in [0.2, 0.25) is 0 Å². The second kappa shape index (κ2) is 18.5. The van der Waals surface area contributed by atoms with Crippen molar-refractivity contribution in [2.75, 3.05) is 26.7 Å². The Morgan fingerprint density at radius 1 is 0.982 bits per heavy atom. The zero-order valence-electron chi connectivity index (χ0n) is 30.6. The number of phenols is 1. The van der Waals surface area contributed by atoms with E-state index in [4.69, 9.17) is 4.74 Å². The number of aryl methyl sites for hydroxylation is 1. The van der Waals surface area contributed by atoms with Crippen LogP contribution in [0.5, 0.6) is 5.75 Å². The van der Waals surface area contributed by atoms with Gasteiger partial charge in [0.15, 0.2) is 0 Å². The Morgan fingerprint density at radius 3 is 2.38 bits per heavy atom. The minimum Gasteiger partial charge on any atom is -0.506 e. The number of nitrogens with one attached hydrogen (secondary N) is 2. The van der Waals surface area contributed by atoms with E-state index in [2.05, 4.69) is 57.3 Å². The molecule has 10 nitrogen and oxygen atoms in total. The zero-order valence-corrected chi connectivity index (χ0v) is 32.2. The summed E-state index contributed by atoms with van der Waals surface area (Å²) in [6.07, 6.45) is 6.63. The van der Waals surface area contributed by atoms with E-state index in [0.717, 1.165) is 51.6 Å². The van der Waals surface area contributed by atoms with Crippen LogP contribution in [0.15, 0.2) is 94.5 Å². The molecular formula is C41H48F2N4O6S2. The molecule has 7 rings (SSSR count). The summed E-state index contributed by atoms with van der Waals surface area (Å²) in [4.78, 5) is 31.4. The van der Waals surface area contributed by atoms with Gasteiger partial charge < -0.3 is 39.8 Å². The van der Waals surface area contributed by atoms with E-state index in [9.17, 15) is 24.9 Å². The largest absolute Gasteiger partial charge is 0.506 e. The number of aromatic amines is 1. The summed E-state index contributed by atoms with van der Waals surface area (Å²) in [5.41, 5.74) is 1.39. The second-order valence-electron chi connectivity index (χ2n) is 14.0. The van der Waals surface area contributed by atoms with Gasteiger partial charge in [0, 0.05) is 54.2 Å². The average molecular weight is 795 g/mol. The zero-order chi connectivity index (χ0) is 37.0. The number of carbonyl (C=O) groups is 1. The lowest BCUT2D eigenvalue weighted by molar-refractivity contribution is -0.169. The number of aliphatic hydroxyl groups is 2. The number of aliphatic hydroxyl groups excluding tert-OH is 1. The number of pyridine rings is 1. The second-order valence-corrected chi connectivity index (χ2v) is 15.9. The summed E-state index contributed by atoms with van der Waals surface area (Å²) >= 11 is 2.72. The van der Waals surface area contributed by atoms with Crippen LogP contribution in [0.1, 0.15) is 59.1 Å². The highest BCUT2D eigenvalue weighted by Crippen LogP contribution is 2.38. The van der Waals surface area contributed by atoms with E-state index < -0.39 is 17.7 Å².